The van der Waals surface area contributed by atoms with Crippen molar-refractivity contribution in [3.8, 4) is 0 Å². The van der Waals surface area contributed by atoms with E-state index in [-0.39, 0.29) is 30.3 Å². The Morgan fingerprint density at radius 3 is 2.69 bits per heavy atom. The van der Waals surface area contributed by atoms with Gasteiger partial charge in [-0.3, -0.25) is 4.79 Å². The summed E-state index contributed by atoms with van der Waals surface area (Å²) in [5.74, 6) is 0.413. The predicted octanol–water partition coefficient (Wildman–Crippen LogP) is 0.949. The van der Waals surface area contributed by atoms with E-state index in [4.69, 9.17) is 4.74 Å². The van der Waals surface area contributed by atoms with Gasteiger partial charge in [0.2, 0.25) is 5.91 Å². The van der Waals surface area contributed by atoms with E-state index >= 15 is 0 Å². The molecule has 2 N–H and O–H groups in total. The van der Waals surface area contributed by atoms with E-state index in [1.807, 2.05) is 6.92 Å². The second-order valence-electron chi connectivity index (χ2n) is 4.22. The summed E-state index contributed by atoms with van der Waals surface area (Å²) in [6.45, 7) is 4.65. The van der Waals surface area contributed by atoms with Crippen LogP contribution in [-0.4, -0.2) is 38.8 Å². The van der Waals surface area contributed by atoms with Crippen molar-refractivity contribution in [2.24, 2.45) is 5.92 Å². The second kappa shape index (κ2) is 8.79. The van der Waals surface area contributed by atoms with Gasteiger partial charge in [0.25, 0.3) is 0 Å². The molecule has 1 amide bonds. The van der Waals surface area contributed by atoms with Gasteiger partial charge in [-0.15, -0.1) is 12.4 Å². The second-order valence-corrected chi connectivity index (χ2v) is 4.22. The molecule has 0 aliphatic carbocycles. The molecule has 1 atom stereocenters. The number of carbonyl (C=O) groups is 1. The fourth-order valence-corrected chi connectivity index (χ4v) is 1.81. The van der Waals surface area contributed by atoms with E-state index in [0.29, 0.717) is 6.61 Å². The average molecular weight is 251 g/mol. The number of piperidine rings is 1. The summed E-state index contributed by atoms with van der Waals surface area (Å²) in [6, 6.07) is 0.215. The molecule has 0 spiro atoms. The topological polar surface area (TPSA) is 50.4 Å². The number of halogens is 1. The van der Waals surface area contributed by atoms with Gasteiger partial charge in [0, 0.05) is 25.7 Å². The monoisotopic (exact) mass is 250 g/mol. The Bertz CT molecular complexity index is 196. The molecule has 1 heterocycles. The van der Waals surface area contributed by atoms with Crippen molar-refractivity contribution in [3.05, 3.63) is 0 Å². The zero-order valence-corrected chi connectivity index (χ0v) is 10.9. The third-order valence-electron chi connectivity index (χ3n) is 2.85. The van der Waals surface area contributed by atoms with Crippen LogP contribution < -0.4 is 10.6 Å². The Kier molecular flexibility index (Phi) is 8.61. The molecule has 1 saturated heterocycles. The Labute approximate surface area is 104 Å². The number of methoxy groups -OCH3 is 1. The standard InChI is InChI=1S/C11H22N2O2.ClH/c1-9(5-8-15-2)13-11(14)10-3-6-12-7-4-10;/h9-10,12H,3-8H2,1-2H3,(H,13,14);1H. The van der Waals surface area contributed by atoms with Crippen LogP contribution in [0.25, 0.3) is 0 Å². The van der Waals surface area contributed by atoms with E-state index < -0.39 is 0 Å². The molecule has 4 nitrogen and oxygen atoms in total. The Morgan fingerprint density at radius 2 is 2.12 bits per heavy atom. The Balaban J connectivity index is 0.00000225. The highest BCUT2D eigenvalue weighted by atomic mass is 35.5. The zero-order valence-electron chi connectivity index (χ0n) is 10.1. The van der Waals surface area contributed by atoms with E-state index in [1.54, 1.807) is 7.11 Å². The maximum absolute atomic E-state index is 11.8. The van der Waals surface area contributed by atoms with Crippen molar-refractivity contribution in [2.75, 3.05) is 26.8 Å². The first-order valence-corrected chi connectivity index (χ1v) is 5.74. The van der Waals surface area contributed by atoms with Crippen LogP contribution in [0.4, 0.5) is 0 Å². The first-order chi connectivity index (χ1) is 7.24. The van der Waals surface area contributed by atoms with Crippen molar-refractivity contribution in [2.45, 2.75) is 32.2 Å². The molecule has 5 heteroatoms. The summed E-state index contributed by atoms with van der Waals surface area (Å²) in [6.07, 6.45) is 2.80. The van der Waals surface area contributed by atoms with Crippen molar-refractivity contribution < 1.29 is 9.53 Å². The predicted molar refractivity (Wildman–Crippen MR) is 66.9 cm³/mol. The lowest BCUT2D eigenvalue weighted by molar-refractivity contribution is -0.126. The van der Waals surface area contributed by atoms with Crippen LogP contribution in [0.15, 0.2) is 0 Å². The fraction of sp³-hybridized carbons (Fsp3) is 0.909. The Hall–Kier alpha value is -0.320. The van der Waals surface area contributed by atoms with E-state index in [9.17, 15) is 4.79 Å². The lowest BCUT2D eigenvalue weighted by atomic mass is 9.97. The summed E-state index contributed by atoms with van der Waals surface area (Å²) < 4.78 is 4.98. The zero-order chi connectivity index (χ0) is 11.1. The number of ether oxygens (including phenoxy) is 1. The minimum Gasteiger partial charge on any atom is -0.385 e. The highest BCUT2D eigenvalue weighted by Crippen LogP contribution is 2.11. The summed E-state index contributed by atoms with van der Waals surface area (Å²) in [5, 5.41) is 6.29. The summed E-state index contributed by atoms with van der Waals surface area (Å²) >= 11 is 0. The van der Waals surface area contributed by atoms with Gasteiger partial charge in [-0.05, 0) is 39.3 Å². The molecular weight excluding hydrogens is 228 g/mol. The third-order valence-corrected chi connectivity index (χ3v) is 2.85. The molecule has 0 radical (unpaired) electrons. The lowest BCUT2D eigenvalue weighted by Crippen LogP contribution is -2.41. The van der Waals surface area contributed by atoms with Gasteiger partial charge in [-0.1, -0.05) is 0 Å². The molecular formula is C11H23ClN2O2. The highest BCUT2D eigenvalue weighted by Gasteiger charge is 2.21. The maximum Gasteiger partial charge on any atom is 0.223 e. The lowest BCUT2D eigenvalue weighted by Gasteiger charge is -2.23. The van der Waals surface area contributed by atoms with Crippen LogP contribution in [-0.2, 0) is 9.53 Å². The minimum atomic E-state index is 0. The van der Waals surface area contributed by atoms with Crippen LogP contribution in [0.1, 0.15) is 26.2 Å². The number of amides is 1. The van der Waals surface area contributed by atoms with Gasteiger partial charge >= 0.3 is 0 Å². The number of hydrogen-bond donors (Lipinski definition) is 2. The van der Waals surface area contributed by atoms with Crippen LogP contribution in [0.2, 0.25) is 0 Å². The van der Waals surface area contributed by atoms with Gasteiger partial charge in [0.05, 0.1) is 0 Å². The molecule has 0 aromatic rings. The van der Waals surface area contributed by atoms with Crippen LogP contribution >= 0.6 is 12.4 Å². The normalized spacial score (nSPS) is 18.6. The molecule has 16 heavy (non-hydrogen) atoms. The van der Waals surface area contributed by atoms with Crippen LogP contribution in [0, 0.1) is 5.92 Å². The van der Waals surface area contributed by atoms with Gasteiger partial charge in [0.1, 0.15) is 0 Å². The average Bonchev–Trinajstić information content (AvgIpc) is 2.27. The van der Waals surface area contributed by atoms with Gasteiger partial charge < -0.3 is 15.4 Å². The Morgan fingerprint density at radius 1 is 1.50 bits per heavy atom. The molecule has 0 aromatic heterocycles. The first kappa shape index (κ1) is 15.7. The van der Waals surface area contributed by atoms with Crippen molar-refractivity contribution in [3.63, 3.8) is 0 Å². The van der Waals surface area contributed by atoms with Crippen molar-refractivity contribution in [1.29, 1.82) is 0 Å². The fourth-order valence-electron chi connectivity index (χ4n) is 1.81. The quantitative estimate of drug-likeness (QED) is 0.764. The minimum absolute atomic E-state index is 0. The van der Waals surface area contributed by atoms with Crippen LogP contribution in [0.5, 0.6) is 0 Å². The number of hydrogen-bond acceptors (Lipinski definition) is 3. The largest absolute Gasteiger partial charge is 0.385 e. The molecule has 96 valence electrons. The van der Waals surface area contributed by atoms with E-state index in [0.717, 1.165) is 32.4 Å². The summed E-state index contributed by atoms with van der Waals surface area (Å²) in [7, 11) is 1.68. The number of carbonyl (C=O) groups excluding carboxylic acids is 1. The molecule has 1 aliphatic heterocycles. The van der Waals surface area contributed by atoms with E-state index in [1.165, 1.54) is 0 Å². The smallest absolute Gasteiger partial charge is 0.223 e. The summed E-state index contributed by atoms with van der Waals surface area (Å²) in [5.41, 5.74) is 0. The summed E-state index contributed by atoms with van der Waals surface area (Å²) in [4.78, 5) is 11.8. The highest BCUT2D eigenvalue weighted by molar-refractivity contribution is 5.85. The first-order valence-electron chi connectivity index (χ1n) is 5.74. The molecule has 1 rings (SSSR count). The molecule has 0 aromatic carbocycles. The SMILES string of the molecule is COCCC(C)NC(=O)C1CCNCC1.Cl. The molecule has 0 saturated carbocycles. The van der Waals surface area contributed by atoms with E-state index in [2.05, 4.69) is 10.6 Å². The number of rotatable bonds is 5. The van der Waals surface area contributed by atoms with Gasteiger partial charge in [-0.2, -0.15) is 0 Å². The molecule has 1 aliphatic rings. The van der Waals surface area contributed by atoms with Crippen LogP contribution in [0.3, 0.4) is 0 Å². The van der Waals surface area contributed by atoms with Crippen molar-refractivity contribution >= 4 is 18.3 Å². The molecule has 1 fully saturated rings. The maximum atomic E-state index is 11.8. The van der Waals surface area contributed by atoms with Crippen molar-refractivity contribution in [1.82, 2.24) is 10.6 Å². The molecule has 1 unspecified atom stereocenters. The van der Waals surface area contributed by atoms with Gasteiger partial charge in [-0.25, -0.2) is 0 Å². The number of nitrogens with one attached hydrogen (secondary N) is 2. The molecule has 0 bridgehead atoms. The third kappa shape index (κ3) is 5.68. The van der Waals surface area contributed by atoms with Gasteiger partial charge in [0.15, 0.2) is 0 Å².